The molecule has 0 heterocycles. The van der Waals surface area contributed by atoms with Gasteiger partial charge in [-0.05, 0) is 43.5 Å². The Bertz CT molecular complexity index is 550. The molecule has 1 aromatic rings. The van der Waals surface area contributed by atoms with E-state index in [0.717, 1.165) is 19.3 Å². The molecule has 22 heavy (non-hydrogen) atoms. The van der Waals surface area contributed by atoms with E-state index >= 15 is 0 Å². The van der Waals surface area contributed by atoms with Crippen LogP contribution in [0.2, 0.25) is 0 Å². The van der Waals surface area contributed by atoms with Crippen LogP contribution in [0.4, 0.5) is 5.69 Å². The summed E-state index contributed by atoms with van der Waals surface area (Å²) in [6.07, 6.45) is 2.76. The Hall–Kier alpha value is -2.37. The SMILES string of the molecule is CCCNC(=O)CNC(=O)c1ccc(NC(=O)C2CC2)cc1. The molecule has 118 valence electrons. The Balaban J connectivity index is 1.80. The number of rotatable bonds is 7. The van der Waals surface area contributed by atoms with E-state index < -0.39 is 0 Å². The Morgan fingerprint density at radius 3 is 2.36 bits per heavy atom. The molecule has 3 N–H and O–H groups in total. The van der Waals surface area contributed by atoms with Gasteiger partial charge in [-0.3, -0.25) is 14.4 Å². The van der Waals surface area contributed by atoms with Crippen molar-refractivity contribution in [2.75, 3.05) is 18.4 Å². The molecule has 0 saturated heterocycles. The molecule has 3 amide bonds. The minimum atomic E-state index is -0.313. The van der Waals surface area contributed by atoms with E-state index in [1.807, 2.05) is 6.92 Å². The molecule has 0 aliphatic heterocycles. The van der Waals surface area contributed by atoms with Crippen molar-refractivity contribution in [2.24, 2.45) is 5.92 Å². The summed E-state index contributed by atoms with van der Waals surface area (Å²) < 4.78 is 0. The summed E-state index contributed by atoms with van der Waals surface area (Å²) in [5, 5.41) is 8.05. The lowest BCUT2D eigenvalue weighted by Crippen LogP contribution is -2.37. The predicted octanol–water partition coefficient (Wildman–Crippen LogP) is 1.29. The van der Waals surface area contributed by atoms with E-state index in [-0.39, 0.29) is 30.2 Å². The lowest BCUT2D eigenvalue weighted by Gasteiger charge is -2.07. The van der Waals surface area contributed by atoms with Gasteiger partial charge in [0.05, 0.1) is 6.54 Å². The Morgan fingerprint density at radius 2 is 1.77 bits per heavy atom. The molecule has 0 radical (unpaired) electrons. The second kappa shape index (κ2) is 7.59. The summed E-state index contributed by atoms with van der Waals surface area (Å²) in [4.78, 5) is 34.9. The highest BCUT2D eigenvalue weighted by Gasteiger charge is 2.29. The van der Waals surface area contributed by atoms with Crippen LogP contribution in [0, 0.1) is 5.92 Å². The summed E-state index contributed by atoms with van der Waals surface area (Å²) in [5.41, 5.74) is 1.13. The third kappa shape index (κ3) is 4.87. The second-order valence-corrected chi connectivity index (χ2v) is 5.37. The Morgan fingerprint density at radius 1 is 1.09 bits per heavy atom. The van der Waals surface area contributed by atoms with Crippen molar-refractivity contribution in [3.05, 3.63) is 29.8 Å². The maximum atomic E-state index is 11.9. The number of carbonyl (C=O) groups is 3. The van der Waals surface area contributed by atoms with Crippen LogP contribution in [0.1, 0.15) is 36.5 Å². The number of anilines is 1. The summed E-state index contributed by atoms with van der Waals surface area (Å²) in [7, 11) is 0. The first-order valence-corrected chi connectivity index (χ1v) is 7.56. The van der Waals surface area contributed by atoms with Crippen molar-refractivity contribution in [1.82, 2.24) is 10.6 Å². The Kier molecular flexibility index (Phi) is 5.52. The molecule has 0 unspecified atom stereocenters. The van der Waals surface area contributed by atoms with Gasteiger partial charge in [0.15, 0.2) is 0 Å². The minimum absolute atomic E-state index is 0.0322. The van der Waals surface area contributed by atoms with E-state index in [2.05, 4.69) is 16.0 Å². The van der Waals surface area contributed by atoms with Gasteiger partial charge in [0, 0.05) is 23.7 Å². The third-order valence-corrected chi connectivity index (χ3v) is 3.34. The van der Waals surface area contributed by atoms with Gasteiger partial charge < -0.3 is 16.0 Å². The number of hydrogen-bond donors (Lipinski definition) is 3. The summed E-state index contributed by atoms with van der Waals surface area (Å²) >= 11 is 0. The van der Waals surface area contributed by atoms with Crippen LogP contribution in [0.25, 0.3) is 0 Å². The molecule has 6 heteroatoms. The summed E-state index contributed by atoms with van der Waals surface area (Å²) in [6.45, 7) is 2.52. The molecular weight excluding hydrogens is 282 g/mol. The largest absolute Gasteiger partial charge is 0.355 e. The lowest BCUT2D eigenvalue weighted by molar-refractivity contribution is -0.120. The number of carbonyl (C=O) groups excluding carboxylic acids is 3. The van der Waals surface area contributed by atoms with Crippen LogP contribution < -0.4 is 16.0 Å². The standard InChI is InChI=1S/C16H21N3O3/c1-2-9-17-14(20)10-18-15(21)11-5-7-13(8-6-11)19-16(22)12-3-4-12/h5-8,12H,2-4,9-10H2,1H3,(H,17,20)(H,18,21)(H,19,22). The zero-order valence-electron chi connectivity index (χ0n) is 12.6. The topological polar surface area (TPSA) is 87.3 Å². The number of nitrogens with one attached hydrogen (secondary N) is 3. The summed E-state index contributed by atoms with van der Waals surface area (Å²) in [5.74, 6) is -0.343. The first-order chi connectivity index (χ1) is 10.6. The van der Waals surface area contributed by atoms with Gasteiger partial charge in [0.1, 0.15) is 0 Å². The van der Waals surface area contributed by atoms with Crippen LogP contribution in [-0.2, 0) is 9.59 Å². The molecule has 6 nitrogen and oxygen atoms in total. The molecule has 1 saturated carbocycles. The van der Waals surface area contributed by atoms with Crippen molar-refractivity contribution < 1.29 is 14.4 Å². The maximum absolute atomic E-state index is 11.9. The summed E-state index contributed by atoms with van der Waals surface area (Å²) in [6, 6.07) is 6.63. The van der Waals surface area contributed by atoms with Crippen molar-refractivity contribution in [1.29, 1.82) is 0 Å². The zero-order valence-corrected chi connectivity index (χ0v) is 12.6. The average Bonchev–Trinajstić information content (AvgIpc) is 3.36. The molecule has 0 atom stereocenters. The van der Waals surface area contributed by atoms with Gasteiger partial charge in [0.2, 0.25) is 11.8 Å². The molecule has 1 aromatic carbocycles. The lowest BCUT2D eigenvalue weighted by atomic mass is 10.2. The molecule has 0 spiro atoms. The smallest absolute Gasteiger partial charge is 0.251 e. The van der Waals surface area contributed by atoms with Crippen molar-refractivity contribution in [3.8, 4) is 0 Å². The quantitative estimate of drug-likeness (QED) is 0.709. The molecule has 2 rings (SSSR count). The monoisotopic (exact) mass is 303 g/mol. The van der Waals surface area contributed by atoms with Gasteiger partial charge in [-0.1, -0.05) is 6.92 Å². The average molecular weight is 303 g/mol. The fourth-order valence-electron chi connectivity index (χ4n) is 1.88. The fraction of sp³-hybridized carbons (Fsp3) is 0.438. The normalized spacial score (nSPS) is 13.3. The molecule has 0 bridgehead atoms. The van der Waals surface area contributed by atoms with Crippen molar-refractivity contribution >= 4 is 23.4 Å². The van der Waals surface area contributed by atoms with E-state index in [9.17, 15) is 14.4 Å². The van der Waals surface area contributed by atoms with Gasteiger partial charge >= 0.3 is 0 Å². The highest BCUT2D eigenvalue weighted by molar-refractivity contribution is 5.98. The minimum Gasteiger partial charge on any atom is -0.355 e. The Labute approximate surface area is 129 Å². The van der Waals surface area contributed by atoms with Gasteiger partial charge in [0.25, 0.3) is 5.91 Å². The van der Waals surface area contributed by atoms with Crippen LogP contribution in [0.3, 0.4) is 0 Å². The number of amides is 3. The predicted molar refractivity (Wildman–Crippen MR) is 83.4 cm³/mol. The van der Waals surface area contributed by atoms with E-state index in [0.29, 0.717) is 17.8 Å². The van der Waals surface area contributed by atoms with Crippen LogP contribution in [0.15, 0.2) is 24.3 Å². The molecular formula is C16H21N3O3. The first kappa shape index (κ1) is 16.0. The van der Waals surface area contributed by atoms with Crippen molar-refractivity contribution in [3.63, 3.8) is 0 Å². The fourth-order valence-corrected chi connectivity index (χ4v) is 1.88. The van der Waals surface area contributed by atoms with Gasteiger partial charge in [-0.2, -0.15) is 0 Å². The highest BCUT2D eigenvalue weighted by Crippen LogP contribution is 2.30. The van der Waals surface area contributed by atoms with E-state index in [1.165, 1.54) is 0 Å². The first-order valence-electron chi connectivity index (χ1n) is 7.56. The zero-order chi connectivity index (χ0) is 15.9. The van der Waals surface area contributed by atoms with E-state index in [4.69, 9.17) is 0 Å². The van der Waals surface area contributed by atoms with Crippen LogP contribution in [0.5, 0.6) is 0 Å². The van der Waals surface area contributed by atoms with E-state index in [1.54, 1.807) is 24.3 Å². The molecule has 1 aliphatic carbocycles. The van der Waals surface area contributed by atoms with Crippen LogP contribution in [-0.4, -0.2) is 30.8 Å². The van der Waals surface area contributed by atoms with Crippen molar-refractivity contribution in [2.45, 2.75) is 26.2 Å². The molecule has 1 aliphatic rings. The van der Waals surface area contributed by atoms with Crippen LogP contribution >= 0.6 is 0 Å². The maximum Gasteiger partial charge on any atom is 0.251 e. The molecule has 1 fully saturated rings. The third-order valence-electron chi connectivity index (χ3n) is 3.34. The van der Waals surface area contributed by atoms with Gasteiger partial charge in [-0.25, -0.2) is 0 Å². The second-order valence-electron chi connectivity index (χ2n) is 5.37. The molecule has 0 aromatic heterocycles. The number of benzene rings is 1. The van der Waals surface area contributed by atoms with Gasteiger partial charge in [-0.15, -0.1) is 0 Å². The highest BCUT2D eigenvalue weighted by atomic mass is 16.2. The number of hydrogen-bond acceptors (Lipinski definition) is 3.